The van der Waals surface area contributed by atoms with Crippen LogP contribution in [0.2, 0.25) is 13.1 Å². The first kappa shape index (κ1) is 15.9. The lowest BCUT2D eigenvalue weighted by atomic mass is 9.89. The highest BCUT2D eigenvalue weighted by Gasteiger charge is 2.27. The predicted molar refractivity (Wildman–Crippen MR) is 77.1 cm³/mol. The molecule has 1 atom stereocenters. The molecule has 0 saturated carbocycles. The highest BCUT2D eigenvalue weighted by atomic mass is 28.3. The van der Waals surface area contributed by atoms with Gasteiger partial charge in [0.2, 0.25) is 0 Å². The van der Waals surface area contributed by atoms with Gasteiger partial charge in [-0.05, 0) is 31.5 Å². The molecular formula is C13H24N2O3Si. The topological polar surface area (TPSA) is 64.3 Å². The molecule has 0 aromatic carbocycles. The van der Waals surface area contributed by atoms with Crippen molar-refractivity contribution in [2.75, 3.05) is 0 Å². The first-order valence-electron chi connectivity index (χ1n) is 6.54. The van der Waals surface area contributed by atoms with Crippen molar-refractivity contribution in [1.29, 1.82) is 0 Å². The zero-order chi connectivity index (χ0) is 14.8. The summed E-state index contributed by atoms with van der Waals surface area (Å²) >= 11 is 0. The first-order valence-corrected chi connectivity index (χ1v) is 9.32. The number of carboxylic acid groups (broad SMARTS) is 1. The average molecular weight is 284 g/mol. The van der Waals surface area contributed by atoms with Gasteiger partial charge >= 0.3 is 5.97 Å². The lowest BCUT2D eigenvalue weighted by molar-refractivity contribution is 0.0644. The van der Waals surface area contributed by atoms with Gasteiger partial charge in [0.1, 0.15) is 0 Å². The minimum absolute atomic E-state index is 0.000946. The summed E-state index contributed by atoms with van der Waals surface area (Å²) in [7, 11) is -1.16. The second-order valence-corrected chi connectivity index (χ2v) is 8.57. The Morgan fingerprint density at radius 1 is 1.53 bits per heavy atom. The largest absolute Gasteiger partial charge is 0.476 e. The maximum atomic E-state index is 10.9. The van der Waals surface area contributed by atoms with Gasteiger partial charge in [-0.1, -0.05) is 20.8 Å². The van der Waals surface area contributed by atoms with Gasteiger partial charge in [-0.2, -0.15) is 5.10 Å². The quantitative estimate of drug-likeness (QED) is 0.843. The fourth-order valence-corrected chi connectivity index (χ4v) is 2.96. The van der Waals surface area contributed by atoms with Crippen LogP contribution in [0.25, 0.3) is 0 Å². The third kappa shape index (κ3) is 4.47. The summed E-state index contributed by atoms with van der Waals surface area (Å²) in [5.74, 6) is -0.992. The summed E-state index contributed by atoms with van der Waals surface area (Å²) in [4.78, 5) is 10.9. The second kappa shape index (κ2) is 5.88. The number of carbonyl (C=O) groups is 1. The molecule has 0 fully saturated rings. The van der Waals surface area contributed by atoms with E-state index in [0.717, 1.165) is 5.69 Å². The monoisotopic (exact) mass is 284 g/mol. The third-order valence-electron chi connectivity index (χ3n) is 2.94. The van der Waals surface area contributed by atoms with Crippen LogP contribution in [0.1, 0.15) is 37.0 Å². The van der Waals surface area contributed by atoms with Crippen molar-refractivity contribution in [2.45, 2.75) is 53.4 Å². The summed E-state index contributed by atoms with van der Waals surface area (Å²) in [6.45, 7) is 13.1. The van der Waals surface area contributed by atoms with Gasteiger partial charge < -0.3 is 9.53 Å². The molecule has 1 aromatic heterocycles. The van der Waals surface area contributed by atoms with E-state index in [-0.39, 0.29) is 17.2 Å². The summed E-state index contributed by atoms with van der Waals surface area (Å²) in [6, 6.07) is 1.59. The molecule has 0 aliphatic carbocycles. The fourth-order valence-electron chi connectivity index (χ4n) is 1.81. The van der Waals surface area contributed by atoms with Gasteiger partial charge in [0.25, 0.3) is 0 Å². The Labute approximate surface area is 116 Å². The SMILES string of the molecule is Cc1cc(C(=O)O)nn1CC(O[SiH](C)C)C(C)(C)C. The Hall–Kier alpha value is -1.14. The lowest BCUT2D eigenvalue weighted by Gasteiger charge is -2.32. The van der Waals surface area contributed by atoms with E-state index in [1.807, 2.05) is 6.92 Å². The highest BCUT2D eigenvalue weighted by molar-refractivity contribution is 6.48. The summed E-state index contributed by atoms with van der Waals surface area (Å²) in [5.41, 5.74) is 0.937. The van der Waals surface area contributed by atoms with Crippen LogP contribution >= 0.6 is 0 Å². The number of nitrogens with zero attached hydrogens (tertiary/aromatic N) is 2. The van der Waals surface area contributed by atoms with Crippen LogP contribution < -0.4 is 0 Å². The van der Waals surface area contributed by atoms with Crippen molar-refractivity contribution >= 4 is 15.0 Å². The molecule has 0 bridgehead atoms. The van der Waals surface area contributed by atoms with E-state index in [1.165, 1.54) is 0 Å². The third-order valence-corrected chi connectivity index (χ3v) is 3.81. The predicted octanol–water partition coefficient (Wildman–Crippen LogP) is 2.30. The molecule has 0 radical (unpaired) electrons. The second-order valence-electron chi connectivity index (χ2n) is 6.20. The maximum Gasteiger partial charge on any atom is 0.356 e. The number of aromatic carboxylic acids is 1. The van der Waals surface area contributed by atoms with Crippen molar-refractivity contribution in [2.24, 2.45) is 5.41 Å². The van der Waals surface area contributed by atoms with Crippen molar-refractivity contribution in [3.05, 3.63) is 17.5 Å². The smallest absolute Gasteiger partial charge is 0.356 e. The summed E-state index contributed by atoms with van der Waals surface area (Å²) in [6.07, 6.45) is 0.0411. The van der Waals surface area contributed by atoms with E-state index in [9.17, 15) is 4.79 Å². The van der Waals surface area contributed by atoms with Crippen LogP contribution in [0.3, 0.4) is 0 Å². The molecule has 0 saturated heterocycles. The average Bonchev–Trinajstić information content (AvgIpc) is 2.57. The molecular weight excluding hydrogens is 260 g/mol. The van der Waals surface area contributed by atoms with Crippen LogP contribution in [0.4, 0.5) is 0 Å². The van der Waals surface area contributed by atoms with Crippen molar-refractivity contribution in [1.82, 2.24) is 9.78 Å². The van der Waals surface area contributed by atoms with Gasteiger partial charge in [-0.15, -0.1) is 0 Å². The molecule has 0 aliphatic rings. The van der Waals surface area contributed by atoms with Crippen LogP contribution in [-0.2, 0) is 11.0 Å². The van der Waals surface area contributed by atoms with Crippen LogP contribution in [-0.4, -0.2) is 36.0 Å². The first-order chi connectivity index (χ1) is 8.61. The number of hydrogen-bond donors (Lipinski definition) is 1. The minimum atomic E-state index is -1.16. The molecule has 1 heterocycles. The molecule has 5 nitrogen and oxygen atoms in total. The van der Waals surface area contributed by atoms with Gasteiger partial charge in [-0.25, -0.2) is 4.79 Å². The van der Waals surface area contributed by atoms with Crippen molar-refractivity contribution < 1.29 is 14.3 Å². The lowest BCUT2D eigenvalue weighted by Crippen LogP contribution is -2.37. The van der Waals surface area contributed by atoms with E-state index >= 15 is 0 Å². The summed E-state index contributed by atoms with van der Waals surface area (Å²) < 4.78 is 7.81. The number of hydrogen-bond acceptors (Lipinski definition) is 3. The van der Waals surface area contributed by atoms with Gasteiger partial charge in [0.05, 0.1) is 12.6 Å². The molecule has 1 rings (SSSR count). The maximum absolute atomic E-state index is 10.9. The molecule has 1 N–H and O–H groups in total. The van der Waals surface area contributed by atoms with E-state index in [4.69, 9.17) is 9.53 Å². The molecule has 19 heavy (non-hydrogen) atoms. The molecule has 6 heteroatoms. The van der Waals surface area contributed by atoms with E-state index < -0.39 is 15.0 Å². The molecule has 0 aliphatic heterocycles. The number of carboxylic acids is 1. The normalized spacial score (nSPS) is 13.8. The van der Waals surface area contributed by atoms with Gasteiger partial charge in [-0.3, -0.25) is 4.68 Å². The zero-order valence-electron chi connectivity index (χ0n) is 12.6. The van der Waals surface area contributed by atoms with Crippen molar-refractivity contribution in [3.8, 4) is 0 Å². The van der Waals surface area contributed by atoms with E-state index in [0.29, 0.717) is 6.54 Å². The van der Waals surface area contributed by atoms with Crippen LogP contribution in [0.5, 0.6) is 0 Å². The Kier molecular flexibility index (Phi) is 4.92. The number of rotatable bonds is 5. The molecule has 1 unspecified atom stereocenters. The van der Waals surface area contributed by atoms with Crippen molar-refractivity contribution in [3.63, 3.8) is 0 Å². The highest BCUT2D eigenvalue weighted by Crippen LogP contribution is 2.25. The molecule has 0 spiro atoms. The minimum Gasteiger partial charge on any atom is -0.476 e. The number of aryl methyl sites for hydroxylation is 1. The standard InChI is InChI=1S/C13H24N2O3Si/c1-9-7-10(12(16)17)14-15(9)8-11(13(2,3)4)18-19(5)6/h7,11,19H,8H2,1-6H3,(H,16,17). The van der Waals surface area contributed by atoms with E-state index in [1.54, 1.807) is 10.7 Å². The zero-order valence-corrected chi connectivity index (χ0v) is 13.8. The summed E-state index contributed by atoms with van der Waals surface area (Å²) in [5, 5.41) is 13.1. The van der Waals surface area contributed by atoms with Gasteiger partial charge in [0.15, 0.2) is 14.7 Å². The van der Waals surface area contributed by atoms with Crippen LogP contribution in [0, 0.1) is 12.3 Å². The Morgan fingerprint density at radius 2 is 2.11 bits per heavy atom. The molecule has 108 valence electrons. The Balaban J connectivity index is 2.93. The van der Waals surface area contributed by atoms with Gasteiger partial charge in [0, 0.05) is 5.69 Å². The Morgan fingerprint density at radius 3 is 2.47 bits per heavy atom. The van der Waals surface area contributed by atoms with Crippen LogP contribution in [0.15, 0.2) is 6.07 Å². The number of aromatic nitrogens is 2. The molecule has 0 amide bonds. The molecule has 1 aromatic rings. The fraction of sp³-hybridized carbons (Fsp3) is 0.692. The van der Waals surface area contributed by atoms with E-state index in [2.05, 4.69) is 39.0 Å². The Bertz CT molecular complexity index is 449.